The number of benzene rings is 3. The molecule has 2 heteroatoms. The zero-order valence-electron chi connectivity index (χ0n) is 21.7. The Bertz CT molecular complexity index is 1340. The maximum absolute atomic E-state index is 2.57. The van der Waals surface area contributed by atoms with Crippen LogP contribution in [0.4, 0.5) is 0 Å². The van der Waals surface area contributed by atoms with Crippen LogP contribution in [0.15, 0.2) is 78.9 Å². The van der Waals surface area contributed by atoms with Crippen molar-refractivity contribution in [3.05, 3.63) is 107 Å². The van der Waals surface area contributed by atoms with Crippen molar-refractivity contribution in [2.24, 2.45) is 0 Å². The number of nitrogens with zero attached hydrogens (tertiary/aromatic N) is 2. The van der Waals surface area contributed by atoms with Crippen LogP contribution < -0.4 is 0 Å². The Labute approximate surface area is 210 Å². The normalized spacial score (nSPS) is 11.8. The van der Waals surface area contributed by atoms with Crippen molar-refractivity contribution in [3.8, 4) is 0 Å². The van der Waals surface area contributed by atoms with E-state index in [2.05, 4.69) is 116 Å². The summed E-state index contributed by atoms with van der Waals surface area (Å²) < 4.78 is 5.13. The van der Waals surface area contributed by atoms with Gasteiger partial charge in [-0.1, -0.05) is 93.4 Å². The number of para-hydroxylation sites is 2. The minimum atomic E-state index is 0.191. The highest BCUT2D eigenvalue weighted by Gasteiger charge is 2.29. The summed E-state index contributed by atoms with van der Waals surface area (Å²) in [4.78, 5) is 0. The fourth-order valence-corrected chi connectivity index (χ4v) is 5.98. The summed E-state index contributed by atoms with van der Waals surface area (Å²) in [6, 6.07) is 29.2. The van der Waals surface area contributed by atoms with E-state index in [1.54, 1.807) is 0 Å². The van der Waals surface area contributed by atoms with Crippen molar-refractivity contribution in [1.82, 2.24) is 9.13 Å². The van der Waals surface area contributed by atoms with Crippen molar-refractivity contribution in [3.63, 3.8) is 0 Å². The molecule has 0 saturated heterocycles. The maximum atomic E-state index is 2.57. The summed E-state index contributed by atoms with van der Waals surface area (Å²) in [5.41, 5.74) is 9.82. The number of hydrogen-bond acceptors (Lipinski definition) is 0. The second kappa shape index (κ2) is 10.2. The van der Waals surface area contributed by atoms with E-state index in [4.69, 9.17) is 0 Å². The number of fused-ring (bicyclic) bond motifs is 2. The third-order valence-corrected chi connectivity index (χ3v) is 7.74. The van der Waals surface area contributed by atoms with E-state index in [0.29, 0.717) is 0 Å². The molecular formula is C33H38N2. The topological polar surface area (TPSA) is 9.86 Å². The van der Waals surface area contributed by atoms with Crippen molar-refractivity contribution in [1.29, 1.82) is 0 Å². The minimum Gasteiger partial charge on any atom is -0.345 e. The second-order valence-electron chi connectivity index (χ2n) is 9.89. The number of aryl methyl sites for hydroxylation is 2. The molecular weight excluding hydrogens is 424 g/mol. The molecule has 180 valence electrons. The lowest BCUT2D eigenvalue weighted by Crippen LogP contribution is -2.09. The molecule has 0 aliphatic heterocycles. The molecule has 0 atom stereocenters. The molecule has 0 saturated carbocycles. The van der Waals surface area contributed by atoms with E-state index in [1.807, 2.05) is 0 Å². The second-order valence-corrected chi connectivity index (χ2v) is 9.89. The average Bonchev–Trinajstić information content (AvgIpc) is 3.33. The first-order valence-electron chi connectivity index (χ1n) is 13.4. The van der Waals surface area contributed by atoms with Gasteiger partial charge in [0.15, 0.2) is 0 Å². The third kappa shape index (κ3) is 4.10. The van der Waals surface area contributed by atoms with Gasteiger partial charge >= 0.3 is 0 Å². The Kier molecular flexibility index (Phi) is 6.81. The Morgan fingerprint density at radius 3 is 1.46 bits per heavy atom. The van der Waals surface area contributed by atoms with E-state index in [9.17, 15) is 0 Å². The van der Waals surface area contributed by atoms with Crippen LogP contribution in [-0.4, -0.2) is 9.13 Å². The molecule has 5 rings (SSSR count). The summed E-state index contributed by atoms with van der Waals surface area (Å²) in [6.07, 6.45) is 4.80. The van der Waals surface area contributed by atoms with Crippen LogP contribution in [0.3, 0.4) is 0 Å². The van der Waals surface area contributed by atoms with Crippen LogP contribution in [0.25, 0.3) is 21.8 Å². The fourth-order valence-electron chi connectivity index (χ4n) is 5.98. The first-order valence-corrected chi connectivity index (χ1v) is 13.4. The smallest absolute Gasteiger partial charge is 0.0485 e. The van der Waals surface area contributed by atoms with Crippen LogP contribution in [0.1, 0.15) is 73.5 Å². The van der Waals surface area contributed by atoms with Gasteiger partial charge in [0.2, 0.25) is 0 Å². The molecule has 0 bridgehead atoms. The molecule has 0 spiro atoms. The lowest BCUT2D eigenvalue weighted by Gasteiger charge is -2.21. The van der Waals surface area contributed by atoms with Crippen molar-refractivity contribution in [2.45, 2.75) is 72.4 Å². The fraction of sp³-hybridized carbons (Fsp3) is 0.333. The number of aromatic nitrogens is 2. The van der Waals surface area contributed by atoms with E-state index < -0.39 is 0 Å². The van der Waals surface area contributed by atoms with Gasteiger partial charge in [-0.3, -0.25) is 0 Å². The molecule has 0 radical (unpaired) electrons. The van der Waals surface area contributed by atoms with Crippen molar-refractivity contribution < 1.29 is 0 Å². The van der Waals surface area contributed by atoms with Crippen molar-refractivity contribution >= 4 is 21.8 Å². The number of hydrogen-bond donors (Lipinski definition) is 0. The Balaban J connectivity index is 1.84. The molecule has 0 aliphatic carbocycles. The average molecular weight is 463 g/mol. The largest absolute Gasteiger partial charge is 0.345 e. The number of unbranched alkanes of at least 4 members (excludes halogenated alkanes) is 2. The predicted molar refractivity (Wildman–Crippen MR) is 151 cm³/mol. The summed E-state index contributed by atoms with van der Waals surface area (Å²) in [7, 11) is 0. The molecule has 0 aliphatic rings. The van der Waals surface area contributed by atoms with Gasteiger partial charge in [-0.25, -0.2) is 0 Å². The predicted octanol–water partition coefficient (Wildman–Crippen LogP) is 8.99. The summed E-state index contributed by atoms with van der Waals surface area (Å²) in [5, 5.41) is 2.78. The highest BCUT2D eigenvalue weighted by Crippen LogP contribution is 2.44. The van der Waals surface area contributed by atoms with Gasteiger partial charge in [0.25, 0.3) is 0 Å². The lowest BCUT2D eigenvalue weighted by molar-refractivity contribution is 0.631. The zero-order chi connectivity index (χ0) is 24.4. The van der Waals surface area contributed by atoms with E-state index in [1.165, 1.54) is 75.6 Å². The molecule has 0 N–H and O–H groups in total. The molecule has 0 amide bonds. The van der Waals surface area contributed by atoms with Gasteiger partial charge in [-0.2, -0.15) is 0 Å². The molecule has 3 aromatic carbocycles. The molecule has 35 heavy (non-hydrogen) atoms. The Morgan fingerprint density at radius 1 is 0.571 bits per heavy atom. The first kappa shape index (κ1) is 23.5. The highest BCUT2D eigenvalue weighted by molar-refractivity contribution is 5.91. The Morgan fingerprint density at radius 2 is 1.00 bits per heavy atom. The van der Waals surface area contributed by atoms with Gasteiger partial charge in [0.05, 0.1) is 0 Å². The van der Waals surface area contributed by atoms with Gasteiger partial charge in [-0.15, -0.1) is 0 Å². The SMILES string of the molecule is CCCCn1c(C)c(C(c2ccccc2)c2c(C)n(CCCC)c3ccccc23)c2ccccc21. The Hall–Kier alpha value is -3.26. The molecule has 2 aromatic heterocycles. The maximum Gasteiger partial charge on any atom is 0.0485 e. The minimum absolute atomic E-state index is 0.191. The van der Waals surface area contributed by atoms with Crippen LogP contribution in [0.5, 0.6) is 0 Å². The molecule has 0 unspecified atom stereocenters. The third-order valence-electron chi connectivity index (χ3n) is 7.74. The molecule has 2 nitrogen and oxygen atoms in total. The van der Waals surface area contributed by atoms with Crippen molar-refractivity contribution in [2.75, 3.05) is 0 Å². The monoisotopic (exact) mass is 462 g/mol. The molecule has 2 heterocycles. The summed E-state index contributed by atoms with van der Waals surface area (Å²) in [5.74, 6) is 0.191. The van der Waals surface area contributed by atoms with E-state index in [0.717, 1.165) is 13.1 Å². The van der Waals surface area contributed by atoms with Gasteiger partial charge < -0.3 is 9.13 Å². The van der Waals surface area contributed by atoms with E-state index >= 15 is 0 Å². The van der Waals surface area contributed by atoms with Gasteiger partial charge in [0.1, 0.15) is 0 Å². The zero-order valence-corrected chi connectivity index (χ0v) is 21.7. The first-order chi connectivity index (χ1) is 17.2. The van der Waals surface area contributed by atoms with Crippen LogP contribution in [0.2, 0.25) is 0 Å². The summed E-state index contributed by atoms with van der Waals surface area (Å²) >= 11 is 0. The standard InChI is InChI=1S/C33H38N2/c1-5-7-22-34-24(3)31(27-18-12-14-20-29(27)34)33(26-16-10-9-11-17-26)32-25(4)35(23-8-6-2)30-21-15-13-19-28(30)32/h9-21,33H,5-8,22-23H2,1-4H3. The number of rotatable bonds is 9. The molecule has 5 aromatic rings. The van der Waals surface area contributed by atoms with Crippen LogP contribution in [-0.2, 0) is 13.1 Å². The quantitative estimate of drug-likeness (QED) is 0.207. The van der Waals surface area contributed by atoms with E-state index in [-0.39, 0.29) is 5.92 Å². The summed E-state index contributed by atoms with van der Waals surface area (Å²) in [6.45, 7) is 11.4. The molecule has 0 fully saturated rings. The van der Waals surface area contributed by atoms with Gasteiger partial charge in [-0.05, 0) is 55.5 Å². The lowest BCUT2D eigenvalue weighted by atomic mass is 9.82. The van der Waals surface area contributed by atoms with Crippen LogP contribution in [0, 0.1) is 13.8 Å². The van der Waals surface area contributed by atoms with Gasteiger partial charge in [0, 0.05) is 52.2 Å². The van der Waals surface area contributed by atoms with Crippen LogP contribution >= 0.6 is 0 Å². The highest BCUT2D eigenvalue weighted by atomic mass is 15.0.